The Kier molecular flexibility index (Phi) is 5.79. The second kappa shape index (κ2) is 8.06. The van der Waals surface area contributed by atoms with Crippen molar-refractivity contribution in [3.8, 4) is 5.75 Å². The number of benzene rings is 2. The zero-order chi connectivity index (χ0) is 18.7. The average Bonchev–Trinajstić information content (AvgIpc) is 2.61. The van der Waals surface area contributed by atoms with Crippen LogP contribution in [0.2, 0.25) is 0 Å². The SMILES string of the molecule is CCc1ccc2c(CN(C)Cc3cc(Br)ccc3OC)cc(=O)oc2c1. The Balaban J connectivity index is 1.89. The minimum absolute atomic E-state index is 0.311. The maximum atomic E-state index is 12.0. The van der Waals surface area contributed by atoms with Gasteiger partial charge in [-0.25, -0.2) is 4.79 Å². The zero-order valence-corrected chi connectivity index (χ0v) is 16.8. The first-order valence-electron chi connectivity index (χ1n) is 8.56. The van der Waals surface area contributed by atoms with E-state index in [0.29, 0.717) is 18.7 Å². The first-order valence-corrected chi connectivity index (χ1v) is 9.36. The quantitative estimate of drug-likeness (QED) is 0.544. The largest absolute Gasteiger partial charge is 0.496 e. The molecule has 26 heavy (non-hydrogen) atoms. The van der Waals surface area contributed by atoms with Crippen LogP contribution in [0.25, 0.3) is 11.0 Å². The number of rotatable bonds is 6. The van der Waals surface area contributed by atoms with Crippen LogP contribution in [-0.4, -0.2) is 19.1 Å². The summed E-state index contributed by atoms with van der Waals surface area (Å²) in [7, 11) is 3.70. The molecule has 0 atom stereocenters. The third-order valence-corrected chi connectivity index (χ3v) is 4.92. The van der Waals surface area contributed by atoms with Crippen molar-refractivity contribution in [2.24, 2.45) is 0 Å². The van der Waals surface area contributed by atoms with Crippen LogP contribution in [0.3, 0.4) is 0 Å². The Morgan fingerprint density at radius 1 is 1.08 bits per heavy atom. The first kappa shape index (κ1) is 18.7. The molecule has 1 aromatic heterocycles. The van der Waals surface area contributed by atoms with Crippen LogP contribution in [0.5, 0.6) is 5.75 Å². The van der Waals surface area contributed by atoms with E-state index in [1.54, 1.807) is 13.2 Å². The van der Waals surface area contributed by atoms with Crippen molar-refractivity contribution < 1.29 is 9.15 Å². The monoisotopic (exact) mass is 415 g/mol. The average molecular weight is 416 g/mol. The van der Waals surface area contributed by atoms with E-state index in [9.17, 15) is 4.79 Å². The lowest BCUT2D eigenvalue weighted by molar-refractivity contribution is 0.310. The van der Waals surface area contributed by atoms with Crippen LogP contribution >= 0.6 is 15.9 Å². The lowest BCUT2D eigenvalue weighted by atomic mass is 10.1. The highest BCUT2D eigenvalue weighted by atomic mass is 79.9. The fraction of sp³-hybridized carbons (Fsp3) is 0.286. The molecule has 0 bridgehead atoms. The van der Waals surface area contributed by atoms with E-state index in [0.717, 1.165) is 38.7 Å². The zero-order valence-electron chi connectivity index (χ0n) is 15.2. The number of fused-ring (bicyclic) bond motifs is 1. The van der Waals surface area contributed by atoms with Crippen LogP contribution in [-0.2, 0) is 19.5 Å². The molecule has 0 N–H and O–H groups in total. The Morgan fingerprint density at radius 3 is 2.58 bits per heavy atom. The molecular weight excluding hydrogens is 394 g/mol. The predicted octanol–water partition coefficient (Wildman–Crippen LogP) is 4.76. The number of nitrogens with zero attached hydrogens (tertiary/aromatic N) is 1. The van der Waals surface area contributed by atoms with Gasteiger partial charge in [0.2, 0.25) is 0 Å². The number of hydrogen-bond donors (Lipinski definition) is 0. The summed E-state index contributed by atoms with van der Waals surface area (Å²) < 4.78 is 11.9. The van der Waals surface area contributed by atoms with Crippen molar-refractivity contribution in [1.29, 1.82) is 0 Å². The number of aryl methyl sites for hydroxylation is 1. The van der Waals surface area contributed by atoms with Crippen molar-refractivity contribution in [3.63, 3.8) is 0 Å². The van der Waals surface area contributed by atoms with Gasteiger partial charge >= 0.3 is 5.63 Å². The Morgan fingerprint density at radius 2 is 1.85 bits per heavy atom. The molecule has 1 heterocycles. The summed E-state index contributed by atoms with van der Waals surface area (Å²) in [4.78, 5) is 14.1. The third kappa shape index (κ3) is 4.17. The molecular formula is C21H22BrNO3. The molecule has 3 rings (SSSR count). The summed E-state index contributed by atoms with van der Waals surface area (Å²) in [5, 5.41) is 0.981. The van der Waals surface area contributed by atoms with E-state index in [4.69, 9.17) is 9.15 Å². The van der Waals surface area contributed by atoms with Crippen molar-refractivity contribution in [1.82, 2.24) is 4.90 Å². The standard InChI is InChI=1S/C21H22BrNO3/c1-4-14-5-7-18-15(11-21(24)26-20(18)9-14)12-23(2)13-16-10-17(22)6-8-19(16)25-3/h5-11H,4,12-13H2,1-3H3. The molecule has 3 aromatic rings. The Labute approximate surface area is 161 Å². The van der Waals surface area contributed by atoms with Gasteiger partial charge in [-0.05, 0) is 48.9 Å². The second-order valence-electron chi connectivity index (χ2n) is 6.40. The summed E-state index contributed by atoms with van der Waals surface area (Å²) in [6, 6.07) is 13.6. The summed E-state index contributed by atoms with van der Waals surface area (Å²) in [6.45, 7) is 3.43. The third-order valence-electron chi connectivity index (χ3n) is 4.43. The number of methoxy groups -OCH3 is 1. The minimum Gasteiger partial charge on any atom is -0.496 e. The first-order chi connectivity index (χ1) is 12.5. The highest BCUT2D eigenvalue weighted by molar-refractivity contribution is 9.10. The van der Waals surface area contributed by atoms with Crippen LogP contribution in [0.1, 0.15) is 23.6 Å². The number of hydrogen-bond acceptors (Lipinski definition) is 4. The summed E-state index contributed by atoms with van der Waals surface area (Å²) in [6.07, 6.45) is 0.909. The lowest BCUT2D eigenvalue weighted by Crippen LogP contribution is -2.19. The summed E-state index contributed by atoms with van der Waals surface area (Å²) in [5.74, 6) is 0.852. The topological polar surface area (TPSA) is 42.7 Å². The molecule has 5 heteroatoms. The van der Waals surface area contributed by atoms with Crippen molar-refractivity contribution >= 4 is 26.9 Å². The van der Waals surface area contributed by atoms with Crippen LogP contribution < -0.4 is 10.4 Å². The van der Waals surface area contributed by atoms with E-state index in [-0.39, 0.29) is 5.63 Å². The van der Waals surface area contributed by atoms with Gasteiger partial charge < -0.3 is 9.15 Å². The number of ether oxygens (including phenoxy) is 1. The molecule has 136 valence electrons. The maximum Gasteiger partial charge on any atom is 0.336 e. The molecule has 0 saturated heterocycles. The van der Waals surface area contributed by atoms with Gasteiger partial charge in [-0.15, -0.1) is 0 Å². The molecule has 0 aliphatic carbocycles. The molecule has 2 aromatic carbocycles. The molecule has 0 spiro atoms. The second-order valence-corrected chi connectivity index (χ2v) is 7.32. The molecule has 0 radical (unpaired) electrons. The minimum atomic E-state index is -0.311. The fourth-order valence-electron chi connectivity index (χ4n) is 3.13. The van der Waals surface area contributed by atoms with E-state index in [1.807, 2.05) is 31.3 Å². The molecule has 0 saturated carbocycles. The molecule has 0 amide bonds. The van der Waals surface area contributed by atoms with Gasteiger partial charge in [0.15, 0.2) is 0 Å². The Bertz CT molecular complexity index is 981. The summed E-state index contributed by atoms with van der Waals surface area (Å²) in [5.41, 5.74) is 3.56. The van der Waals surface area contributed by atoms with Gasteiger partial charge in [-0.2, -0.15) is 0 Å². The van der Waals surface area contributed by atoms with E-state index < -0.39 is 0 Å². The van der Waals surface area contributed by atoms with Gasteiger partial charge in [0.05, 0.1) is 7.11 Å². The predicted molar refractivity (Wildman–Crippen MR) is 108 cm³/mol. The van der Waals surface area contributed by atoms with Gasteiger partial charge in [0, 0.05) is 34.6 Å². The molecule has 0 fully saturated rings. The smallest absolute Gasteiger partial charge is 0.336 e. The van der Waals surface area contributed by atoms with Gasteiger partial charge in [0.1, 0.15) is 11.3 Å². The maximum absolute atomic E-state index is 12.0. The highest BCUT2D eigenvalue weighted by Crippen LogP contribution is 2.25. The number of halogens is 1. The molecule has 0 aliphatic heterocycles. The van der Waals surface area contributed by atoms with Crippen LogP contribution in [0.4, 0.5) is 0 Å². The van der Waals surface area contributed by atoms with Crippen molar-refractivity contribution in [2.45, 2.75) is 26.4 Å². The van der Waals surface area contributed by atoms with Crippen LogP contribution in [0.15, 0.2) is 56.1 Å². The highest BCUT2D eigenvalue weighted by Gasteiger charge is 2.11. The molecule has 0 unspecified atom stereocenters. The van der Waals surface area contributed by atoms with Gasteiger partial charge in [-0.3, -0.25) is 4.90 Å². The van der Waals surface area contributed by atoms with Crippen molar-refractivity contribution in [3.05, 3.63) is 74.0 Å². The molecule has 0 aliphatic rings. The summed E-state index contributed by atoms with van der Waals surface area (Å²) >= 11 is 3.51. The van der Waals surface area contributed by atoms with E-state index in [2.05, 4.69) is 39.9 Å². The van der Waals surface area contributed by atoms with E-state index >= 15 is 0 Å². The van der Waals surface area contributed by atoms with Crippen LogP contribution in [0, 0.1) is 0 Å². The fourth-order valence-corrected chi connectivity index (χ4v) is 3.54. The van der Waals surface area contributed by atoms with E-state index in [1.165, 1.54) is 0 Å². The lowest BCUT2D eigenvalue weighted by Gasteiger charge is -2.19. The van der Waals surface area contributed by atoms with Crippen molar-refractivity contribution in [2.75, 3.05) is 14.2 Å². The Hall–Kier alpha value is -2.11. The van der Waals surface area contributed by atoms with Gasteiger partial charge in [0.25, 0.3) is 0 Å². The normalized spacial score (nSPS) is 11.3. The molecule has 4 nitrogen and oxygen atoms in total. The van der Waals surface area contributed by atoms with Gasteiger partial charge in [-0.1, -0.05) is 35.0 Å².